The third-order valence-corrected chi connectivity index (χ3v) is 3.11. The smallest absolute Gasteiger partial charge is 0.229 e. The van der Waals surface area contributed by atoms with Crippen molar-refractivity contribution in [2.45, 2.75) is 38.6 Å². The van der Waals surface area contributed by atoms with Gasteiger partial charge < -0.3 is 10.3 Å². The van der Waals surface area contributed by atoms with Crippen LogP contribution in [0.3, 0.4) is 0 Å². The van der Waals surface area contributed by atoms with Gasteiger partial charge in [-0.2, -0.15) is 4.98 Å². The van der Waals surface area contributed by atoms with E-state index < -0.39 is 0 Å². The summed E-state index contributed by atoms with van der Waals surface area (Å²) in [7, 11) is 0. The molecule has 2 atom stereocenters. The Bertz CT molecular complexity index is 493. The van der Waals surface area contributed by atoms with E-state index in [2.05, 4.69) is 29.2 Å². The Morgan fingerprint density at radius 2 is 1.78 bits per heavy atom. The summed E-state index contributed by atoms with van der Waals surface area (Å²) in [6, 6.07) is 9.89. The van der Waals surface area contributed by atoms with Crippen LogP contribution in [-0.4, -0.2) is 10.1 Å². The number of hydrogen-bond acceptors (Lipinski definition) is 4. The van der Waals surface area contributed by atoms with Crippen molar-refractivity contribution in [1.29, 1.82) is 0 Å². The van der Waals surface area contributed by atoms with Crippen LogP contribution in [0.4, 0.5) is 0 Å². The van der Waals surface area contributed by atoms with Crippen molar-refractivity contribution in [3.63, 3.8) is 0 Å². The summed E-state index contributed by atoms with van der Waals surface area (Å²) in [5.74, 6) is 1.60. The first-order chi connectivity index (χ1) is 8.59. The zero-order chi connectivity index (χ0) is 13.1. The topological polar surface area (TPSA) is 64.9 Å². The average Bonchev–Trinajstić information content (AvgIpc) is 2.88. The summed E-state index contributed by atoms with van der Waals surface area (Å²) < 4.78 is 5.19. The number of benzene rings is 1. The second-order valence-corrected chi connectivity index (χ2v) is 4.87. The lowest BCUT2D eigenvalue weighted by atomic mass is 9.93. The second kappa shape index (κ2) is 5.31. The van der Waals surface area contributed by atoms with Crippen LogP contribution in [0.15, 0.2) is 34.9 Å². The molecule has 0 fully saturated rings. The second-order valence-electron chi connectivity index (χ2n) is 4.87. The van der Waals surface area contributed by atoms with Gasteiger partial charge in [0.1, 0.15) is 0 Å². The Labute approximate surface area is 107 Å². The van der Waals surface area contributed by atoms with Crippen molar-refractivity contribution in [1.82, 2.24) is 10.1 Å². The van der Waals surface area contributed by atoms with Gasteiger partial charge >= 0.3 is 0 Å². The van der Waals surface area contributed by atoms with Crippen molar-refractivity contribution in [3.05, 3.63) is 47.6 Å². The lowest BCUT2D eigenvalue weighted by molar-refractivity contribution is 0.356. The number of nitrogens with zero attached hydrogens (tertiary/aromatic N) is 2. The minimum Gasteiger partial charge on any atom is -0.339 e. The van der Waals surface area contributed by atoms with Gasteiger partial charge in [-0.05, 0) is 5.56 Å². The molecule has 96 valence electrons. The molecule has 0 radical (unpaired) electrons. The van der Waals surface area contributed by atoms with Crippen molar-refractivity contribution in [3.8, 4) is 0 Å². The maximum Gasteiger partial charge on any atom is 0.229 e. The van der Waals surface area contributed by atoms with Gasteiger partial charge in [-0.3, -0.25) is 0 Å². The van der Waals surface area contributed by atoms with Crippen LogP contribution in [0, 0.1) is 0 Å². The summed E-state index contributed by atoms with van der Waals surface area (Å²) in [5.41, 5.74) is 7.38. The van der Waals surface area contributed by atoms with Gasteiger partial charge in [0.05, 0.1) is 6.04 Å². The van der Waals surface area contributed by atoms with Crippen LogP contribution in [0.25, 0.3) is 0 Å². The Balaban J connectivity index is 2.17. The fraction of sp³-hybridized carbons (Fsp3) is 0.429. The lowest BCUT2D eigenvalue weighted by Crippen LogP contribution is -2.19. The third kappa shape index (κ3) is 2.59. The summed E-state index contributed by atoms with van der Waals surface area (Å²) in [5, 5.41) is 3.97. The van der Waals surface area contributed by atoms with Gasteiger partial charge in [0, 0.05) is 11.8 Å². The molecule has 0 amide bonds. The molecule has 2 aromatic rings. The molecule has 0 saturated heterocycles. The monoisotopic (exact) mass is 245 g/mol. The predicted molar refractivity (Wildman–Crippen MR) is 70.2 cm³/mol. The van der Waals surface area contributed by atoms with E-state index in [-0.39, 0.29) is 17.9 Å². The van der Waals surface area contributed by atoms with Crippen LogP contribution in [-0.2, 0) is 0 Å². The van der Waals surface area contributed by atoms with Crippen LogP contribution in [0.5, 0.6) is 0 Å². The number of nitrogens with two attached hydrogens (primary N) is 1. The maximum atomic E-state index is 6.20. The molecular weight excluding hydrogens is 226 g/mol. The van der Waals surface area contributed by atoms with Crippen LogP contribution in [0.2, 0.25) is 0 Å². The van der Waals surface area contributed by atoms with Crippen molar-refractivity contribution in [2.75, 3.05) is 0 Å². The normalized spacial score (nSPS) is 14.7. The zero-order valence-electron chi connectivity index (χ0n) is 11.0. The predicted octanol–water partition coefficient (Wildman–Crippen LogP) is 3.00. The van der Waals surface area contributed by atoms with E-state index in [4.69, 9.17) is 10.3 Å². The molecule has 4 heteroatoms. The Hall–Kier alpha value is -1.68. The quantitative estimate of drug-likeness (QED) is 0.899. The molecule has 4 nitrogen and oxygen atoms in total. The summed E-state index contributed by atoms with van der Waals surface area (Å²) in [4.78, 5) is 4.35. The molecule has 0 spiro atoms. The fourth-order valence-corrected chi connectivity index (χ4v) is 1.80. The first kappa shape index (κ1) is 12.8. The summed E-state index contributed by atoms with van der Waals surface area (Å²) in [6.45, 7) is 6.11. The van der Waals surface area contributed by atoms with E-state index in [0.29, 0.717) is 11.7 Å². The van der Waals surface area contributed by atoms with Gasteiger partial charge in [-0.1, -0.05) is 56.3 Å². The minimum atomic E-state index is -0.247. The molecule has 1 aromatic heterocycles. The van der Waals surface area contributed by atoms with Gasteiger partial charge in [0.25, 0.3) is 0 Å². The van der Waals surface area contributed by atoms with Crippen molar-refractivity contribution >= 4 is 0 Å². The van der Waals surface area contributed by atoms with E-state index in [0.717, 1.165) is 0 Å². The van der Waals surface area contributed by atoms with Crippen LogP contribution in [0.1, 0.15) is 55.9 Å². The van der Waals surface area contributed by atoms with Crippen molar-refractivity contribution < 1.29 is 4.52 Å². The van der Waals surface area contributed by atoms with Gasteiger partial charge in [-0.25, -0.2) is 0 Å². The van der Waals surface area contributed by atoms with E-state index in [1.807, 2.05) is 32.0 Å². The van der Waals surface area contributed by atoms with Crippen LogP contribution < -0.4 is 5.73 Å². The summed E-state index contributed by atoms with van der Waals surface area (Å²) >= 11 is 0. The Kier molecular flexibility index (Phi) is 3.77. The number of hydrogen-bond donors (Lipinski definition) is 1. The summed E-state index contributed by atoms with van der Waals surface area (Å²) in [6.07, 6.45) is 0. The van der Waals surface area contributed by atoms with Crippen LogP contribution >= 0.6 is 0 Å². The molecule has 0 saturated carbocycles. The number of rotatable bonds is 4. The van der Waals surface area contributed by atoms with Gasteiger partial charge in [0.15, 0.2) is 5.82 Å². The van der Waals surface area contributed by atoms with Crippen molar-refractivity contribution in [2.24, 2.45) is 5.73 Å². The van der Waals surface area contributed by atoms with E-state index in [1.54, 1.807) is 0 Å². The molecule has 18 heavy (non-hydrogen) atoms. The van der Waals surface area contributed by atoms with Gasteiger partial charge in [-0.15, -0.1) is 0 Å². The SMILES string of the molecule is CC(C)c1nc(C(N)C(C)c2ccccc2)no1. The highest BCUT2D eigenvalue weighted by Crippen LogP contribution is 2.27. The van der Waals surface area contributed by atoms with E-state index in [9.17, 15) is 0 Å². The highest BCUT2D eigenvalue weighted by atomic mass is 16.5. The maximum absolute atomic E-state index is 6.20. The first-order valence-electron chi connectivity index (χ1n) is 6.23. The molecule has 0 bridgehead atoms. The molecule has 2 N–H and O–H groups in total. The fourth-order valence-electron chi connectivity index (χ4n) is 1.80. The molecule has 2 rings (SSSR count). The largest absolute Gasteiger partial charge is 0.339 e. The third-order valence-electron chi connectivity index (χ3n) is 3.11. The molecule has 0 aliphatic carbocycles. The standard InChI is InChI=1S/C14H19N3O/c1-9(2)14-16-13(17-18-14)12(15)10(3)11-7-5-4-6-8-11/h4-10,12H,15H2,1-3H3. The Morgan fingerprint density at radius 1 is 1.11 bits per heavy atom. The Morgan fingerprint density at radius 3 is 2.33 bits per heavy atom. The minimum absolute atomic E-state index is 0.156. The molecule has 1 heterocycles. The zero-order valence-corrected chi connectivity index (χ0v) is 11.0. The van der Waals surface area contributed by atoms with E-state index >= 15 is 0 Å². The average molecular weight is 245 g/mol. The highest BCUT2D eigenvalue weighted by molar-refractivity contribution is 5.21. The molecule has 2 unspecified atom stereocenters. The molecule has 1 aromatic carbocycles. The number of aromatic nitrogens is 2. The highest BCUT2D eigenvalue weighted by Gasteiger charge is 2.22. The molecular formula is C14H19N3O. The lowest BCUT2D eigenvalue weighted by Gasteiger charge is -2.16. The van der Waals surface area contributed by atoms with Gasteiger partial charge in [0.2, 0.25) is 5.89 Å². The first-order valence-corrected chi connectivity index (χ1v) is 6.23. The molecule has 0 aliphatic rings. The van der Waals surface area contributed by atoms with E-state index in [1.165, 1.54) is 5.56 Å². The molecule has 0 aliphatic heterocycles.